The molecule has 5 heteroatoms. The van der Waals surface area contributed by atoms with E-state index in [1.54, 1.807) is 11.8 Å². The van der Waals surface area contributed by atoms with E-state index in [1.165, 1.54) is 31.5 Å². The number of aryl methyl sites for hydroxylation is 2. The Bertz CT molecular complexity index is 489. The topological polar surface area (TPSA) is 36.7 Å². The van der Waals surface area contributed by atoms with Gasteiger partial charge in [0.05, 0.1) is 5.75 Å². The van der Waals surface area contributed by atoms with E-state index < -0.39 is 0 Å². The van der Waals surface area contributed by atoms with Crippen LogP contribution in [0.3, 0.4) is 0 Å². The van der Waals surface area contributed by atoms with Gasteiger partial charge in [-0.25, -0.2) is 0 Å². The van der Waals surface area contributed by atoms with Gasteiger partial charge in [0.1, 0.15) is 16.9 Å². The molecule has 0 aliphatic carbocycles. The van der Waals surface area contributed by atoms with Gasteiger partial charge >= 0.3 is 0 Å². The number of thioether (sulfide) groups is 1. The highest BCUT2D eigenvalue weighted by molar-refractivity contribution is 8.00. The Morgan fingerprint density at radius 2 is 2.05 bits per heavy atom. The van der Waals surface area contributed by atoms with Crippen LogP contribution < -0.4 is 0 Å². The fraction of sp³-hybridized carbons (Fsp3) is 0.688. The number of furan rings is 1. The van der Waals surface area contributed by atoms with Crippen LogP contribution in [0, 0.1) is 13.8 Å². The van der Waals surface area contributed by atoms with Crippen LogP contribution in [0.25, 0.3) is 0 Å². The Morgan fingerprint density at radius 3 is 2.71 bits per heavy atom. The SMILES string of the molecule is Cc1cc(C2SCC(=O)N2CCCN2CCCC2)oc1C. The normalized spacial score (nSPS) is 23.4. The van der Waals surface area contributed by atoms with Crippen LogP contribution in [0.15, 0.2) is 10.5 Å². The highest BCUT2D eigenvalue weighted by Gasteiger charge is 2.34. The van der Waals surface area contributed by atoms with Gasteiger partial charge in [0.15, 0.2) is 0 Å². The second-order valence-corrected chi connectivity index (χ2v) is 7.11. The third-order valence-corrected chi connectivity index (χ3v) is 5.68. The lowest BCUT2D eigenvalue weighted by molar-refractivity contribution is -0.128. The van der Waals surface area contributed by atoms with Gasteiger partial charge in [-0.3, -0.25) is 4.79 Å². The average Bonchev–Trinajstić information content (AvgIpc) is 3.15. The van der Waals surface area contributed by atoms with E-state index >= 15 is 0 Å². The lowest BCUT2D eigenvalue weighted by Gasteiger charge is -2.23. The zero-order valence-electron chi connectivity index (χ0n) is 12.9. The third kappa shape index (κ3) is 3.29. The summed E-state index contributed by atoms with van der Waals surface area (Å²) in [4.78, 5) is 16.6. The van der Waals surface area contributed by atoms with Gasteiger partial charge in [-0.1, -0.05) is 0 Å². The van der Waals surface area contributed by atoms with Crippen LogP contribution in [-0.4, -0.2) is 47.6 Å². The number of nitrogens with zero attached hydrogens (tertiary/aromatic N) is 2. The smallest absolute Gasteiger partial charge is 0.233 e. The number of carbonyl (C=O) groups excluding carboxylic acids is 1. The number of carbonyl (C=O) groups is 1. The van der Waals surface area contributed by atoms with Crippen molar-refractivity contribution in [1.29, 1.82) is 0 Å². The van der Waals surface area contributed by atoms with Crippen molar-refractivity contribution in [1.82, 2.24) is 9.80 Å². The van der Waals surface area contributed by atoms with Crippen LogP contribution in [0.5, 0.6) is 0 Å². The summed E-state index contributed by atoms with van der Waals surface area (Å²) in [5, 5.41) is 0.0727. The molecule has 3 heterocycles. The van der Waals surface area contributed by atoms with Crippen molar-refractivity contribution in [2.45, 2.75) is 38.5 Å². The quantitative estimate of drug-likeness (QED) is 0.838. The minimum absolute atomic E-state index is 0.0727. The molecule has 1 aromatic rings. The van der Waals surface area contributed by atoms with Crippen LogP contribution in [0.4, 0.5) is 0 Å². The predicted molar refractivity (Wildman–Crippen MR) is 85.4 cm³/mol. The Balaban J connectivity index is 1.59. The highest BCUT2D eigenvalue weighted by Crippen LogP contribution is 2.40. The summed E-state index contributed by atoms with van der Waals surface area (Å²) in [7, 11) is 0. The first-order valence-electron chi connectivity index (χ1n) is 7.85. The second-order valence-electron chi connectivity index (χ2n) is 6.04. The Hall–Kier alpha value is -0.940. The summed E-state index contributed by atoms with van der Waals surface area (Å²) in [6, 6.07) is 2.08. The van der Waals surface area contributed by atoms with E-state index in [0.717, 1.165) is 31.0 Å². The van der Waals surface area contributed by atoms with Crippen LogP contribution in [-0.2, 0) is 4.79 Å². The summed E-state index contributed by atoms with van der Waals surface area (Å²) >= 11 is 1.69. The van der Waals surface area contributed by atoms with Gasteiger partial charge in [-0.15, -0.1) is 11.8 Å². The molecule has 4 nitrogen and oxygen atoms in total. The van der Waals surface area contributed by atoms with E-state index in [1.807, 2.05) is 11.8 Å². The molecule has 2 aliphatic rings. The predicted octanol–water partition coefficient (Wildman–Crippen LogP) is 2.96. The van der Waals surface area contributed by atoms with Gasteiger partial charge in [-0.05, 0) is 64.4 Å². The summed E-state index contributed by atoms with van der Waals surface area (Å²) in [5.41, 5.74) is 1.17. The largest absolute Gasteiger partial charge is 0.463 e. The fourth-order valence-corrected chi connectivity index (χ4v) is 4.28. The van der Waals surface area contributed by atoms with E-state index in [2.05, 4.69) is 17.9 Å². The lowest BCUT2D eigenvalue weighted by Crippen LogP contribution is -2.31. The first-order valence-corrected chi connectivity index (χ1v) is 8.90. The molecule has 21 heavy (non-hydrogen) atoms. The number of hydrogen-bond donors (Lipinski definition) is 0. The summed E-state index contributed by atoms with van der Waals surface area (Å²) < 4.78 is 5.83. The maximum atomic E-state index is 12.1. The molecule has 0 saturated carbocycles. The molecule has 2 fully saturated rings. The number of amides is 1. The molecule has 0 bridgehead atoms. The van der Waals surface area contributed by atoms with Crippen molar-refractivity contribution >= 4 is 17.7 Å². The molecule has 116 valence electrons. The molecule has 0 N–H and O–H groups in total. The van der Waals surface area contributed by atoms with Crippen LogP contribution in [0.2, 0.25) is 0 Å². The summed E-state index contributed by atoms with van der Waals surface area (Å²) in [6.07, 6.45) is 3.71. The monoisotopic (exact) mass is 308 g/mol. The maximum absolute atomic E-state index is 12.1. The second kappa shape index (κ2) is 6.44. The van der Waals surface area contributed by atoms with Gasteiger partial charge < -0.3 is 14.2 Å². The van der Waals surface area contributed by atoms with Crippen molar-refractivity contribution in [2.75, 3.05) is 31.9 Å². The molecule has 0 spiro atoms. The molecule has 1 amide bonds. The van der Waals surface area contributed by atoms with Crippen molar-refractivity contribution in [3.8, 4) is 0 Å². The number of rotatable bonds is 5. The first kappa shape index (κ1) is 15.0. The van der Waals surface area contributed by atoms with E-state index in [-0.39, 0.29) is 11.3 Å². The molecule has 1 unspecified atom stereocenters. The zero-order valence-corrected chi connectivity index (χ0v) is 13.7. The van der Waals surface area contributed by atoms with Crippen molar-refractivity contribution in [2.24, 2.45) is 0 Å². The van der Waals surface area contributed by atoms with Crippen LogP contribution in [0.1, 0.15) is 41.7 Å². The van der Waals surface area contributed by atoms with Gasteiger partial charge in [0, 0.05) is 6.54 Å². The highest BCUT2D eigenvalue weighted by atomic mass is 32.2. The Kier molecular flexibility index (Phi) is 4.60. The van der Waals surface area contributed by atoms with Crippen molar-refractivity contribution < 1.29 is 9.21 Å². The van der Waals surface area contributed by atoms with Crippen molar-refractivity contribution in [3.05, 3.63) is 23.2 Å². The molecule has 2 aliphatic heterocycles. The van der Waals surface area contributed by atoms with E-state index in [0.29, 0.717) is 5.75 Å². The zero-order chi connectivity index (χ0) is 14.8. The van der Waals surface area contributed by atoms with Gasteiger partial charge in [-0.2, -0.15) is 0 Å². The number of hydrogen-bond acceptors (Lipinski definition) is 4. The van der Waals surface area contributed by atoms with Crippen LogP contribution >= 0.6 is 11.8 Å². The molecule has 0 aromatic carbocycles. The standard InChI is InChI=1S/C16H24N2O2S/c1-12-10-14(20-13(12)2)16-18(15(19)11-21-16)9-5-8-17-6-3-4-7-17/h10,16H,3-9,11H2,1-2H3. The fourth-order valence-electron chi connectivity index (χ4n) is 3.13. The third-order valence-electron chi connectivity index (χ3n) is 4.47. The molecule has 2 saturated heterocycles. The molecule has 1 atom stereocenters. The first-order chi connectivity index (χ1) is 10.1. The van der Waals surface area contributed by atoms with Crippen molar-refractivity contribution in [3.63, 3.8) is 0 Å². The molecule has 3 rings (SSSR count). The average molecular weight is 308 g/mol. The molecular formula is C16H24N2O2S. The summed E-state index contributed by atoms with van der Waals surface area (Å²) in [6.45, 7) is 8.44. The lowest BCUT2D eigenvalue weighted by atomic mass is 10.2. The minimum Gasteiger partial charge on any atom is -0.463 e. The molecule has 1 aromatic heterocycles. The van der Waals surface area contributed by atoms with Gasteiger partial charge in [0.25, 0.3) is 0 Å². The van der Waals surface area contributed by atoms with Gasteiger partial charge in [0.2, 0.25) is 5.91 Å². The van der Waals surface area contributed by atoms with E-state index in [9.17, 15) is 4.79 Å². The minimum atomic E-state index is 0.0727. The maximum Gasteiger partial charge on any atom is 0.233 e. The Morgan fingerprint density at radius 1 is 1.29 bits per heavy atom. The molecular weight excluding hydrogens is 284 g/mol. The summed E-state index contributed by atoms with van der Waals surface area (Å²) in [5.74, 6) is 2.72. The van der Waals surface area contributed by atoms with E-state index in [4.69, 9.17) is 4.42 Å². The molecule has 0 radical (unpaired) electrons. The Labute approximate surface area is 130 Å². The number of likely N-dealkylation sites (tertiary alicyclic amines) is 1.